The van der Waals surface area contributed by atoms with Crippen molar-refractivity contribution in [2.75, 3.05) is 7.11 Å². The van der Waals surface area contributed by atoms with Crippen LogP contribution in [0.1, 0.15) is 31.9 Å². The van der Waals surface area contributed by atoms with Crippen molar-refractivity contribution in [2.24, 2.45) is 0 Å². The molecule has 0 saturated carbocycles. The third-order valence-electron chi connectivity index (χ3n) is 3.69. The molecule has 18 heavy (non-hydrogen) atoms. The molecule has 3 heteroatoms. The van der Waals surface area contributed by atoms with Crippen LogP contribution in [0.5, 0.6) is 0 Å². The van der Waals surface area contributed by atoms with Gasteiger partial charge in [-0.05, 0) is 31.0 Å². The topological polar surface area (TPSA) is 42.4 Å². The Labute approximate surface area is 107 Å². The Bertz CT molecular complexity index is 535. The average molecular weight is 245 g/mol. The van der Waals surface area contributed by atoms with E-state index in [2.05, 4.69) is 4.98 Å². The molecule has 1 N–H and O–H groups in total. The van der Waals surface area contributed by atoms with E-state index in [1.807, 2.05) is 44.2 Å². The lowest BCUT2D eigenvalue weighted by Gasteiger charge is -2.32. The Morgan fingerprint density at radius 3 is 2.83 bits per heavy atom. The predicted molar refractivity (Wildman–Crippen MR) is 72.4 cm³/mol. The van der Waals surface area contributed by atoms with Crippen LogP contribution >= 0.6 is 0 Å². The molecule has 1 heterocycles. The van der Waals surface area contributed by atoms with Crippen molar-refractivity contribution < 1.29 is 9.84 Å². The minimum Gasteiger partial charge on any atom is -0.385 e. The summed E-state index contributed by atoms with van der Waals surface area (Å²) in [6.07, 6.45) is 1.84. The molecule has 1 aromatic heterocycles. The second-order valence-electron chi connectivity index (χ2n) is 4.73. The molecule has 0 amide bonds. The second kappa shape index (κ2) is 5.04. The molecule has 0 radical (unpaired) electrons. The standard InChI is InChI=1S/C15H19NO2/c1-4-15(2,18-3)14(17)12-8-7-11-6-5-9-16-13(11)10-12/h5-10,14,17H,4H2,1-3H3. The summed E-state index contributed by atoms with van der Waals surface area (Å²) >= 11 is 0. The van der Waals surface area contributed by atoms with E-state index in [4.69, 9.17) is 4.74 Å². The number of fused-ring (bicyclic) bond motifs is 1. The van der Waals surface area contributed by atoms with Crippen LogP contribution in [0.3, 0.4) is 0 Å². The summed E-state index contributed by atoms with van der Waals surface area (Å²) in [7, 11) is 1.63. The van der Waals surface area contributed by atoms with Gasteiger partial charge in [0.2, 0.25) is 0 Å². The maximum Gasteiger partial charge on any atom is 0.108 e. The van der Waals surface area contributed by atoms with Gasteiger partial charge in [0.25, 0.3) is 0 Å². The third-order valence-corrected chi connectivity index (χ3v) is 3.69. The minimum absolute atomic E-state index is 0.567. The molecule has 96 valence electrons. The van der Waals surface area contributed by atoms with Gasteiger partial charge in [-0.15, -0.1) is 0 Å². The molecule has 0 aliphatic rings. The SMILES string of the molecule is CCC(C)(OC)C(O)c1ccc2cccnc2c1. The van der Waals surface area contributed by atoms with Crippen molar-refractivity contribution in [3.05, 3.63) is 42.1 Å². The summed E-state index contributed by atoms with van der Waals surface area (Å²) in [4.78, 5) is 4.31. The molecule has 0 saturated heterocycles. The van der Waals surface area contributed by atoms with Gasteiger partial charge in [-0.2, -0.15) is 0 Å². The summed E-state index contributed by atoms with van der Waals surface area (Å²) in [6.45, 7) is 3.92. The van der Waals surface area contributed by atoms with E-state index in [1.165, 1.54) is 0 Å². The molecule has 2 rings (SSSR count). The van der Waals surface area contributed by atoms with Gasteiger partial charge in [-0.25, -0.2) is 0 Å². The van der Waals surface area contributed by atoms with Crippen LogP contribution < -0.4 is 0 Å². The molecular formula is C15H19NO2. The normalized spacial score (nSPS) is 16.4. The first-order valence-corrected chi connectivity index (χ1v) is 6.18. The van der Waals surface area contributed by atoms with Crippen molar-refractivity contribution in [1.29, 1.82) is 0 Å². The fourth-order valence-electron chi connectivity index (χ4n) is 2.06. The van der Waals surface area contributed by atoms with Gasteiger partial charge in [-0.1, -0.05) is 25.1 Å². The Morgan fingerprint density at radius 1 is 1.39 bits per heavy atom. The van der Waals surface area contributed by atoms with Gasteiger partial charge in [-0.3, -0.25) is 4.98 Å². The van der Waals surface area contributed by atoms with E-state index in [-0.39, 0.29) is 0 Å². The van der Waals surface area contributed by atoms with Gasteiger partial charge in [0, 0.05) is 18.7 Å². The summed E-state index contributed by atoms with van der Waals surface area (Å²) in [6, 6.07) is 9.75. The predicted octanol–water partition coefficient (Wildman–Crippen LogP) is 3.08. The van der Waals surface area contributed by atoms with E-state index >= 15 is 0 Å². The largest absolute Gasteiger partial charge is 0.385 e. The molecule has 0 aliphatic carbocycles. The van der Waals surface area contributed by atoms with Crippen molar-refractivity contribution in [1.82, 2.24) is 4.98 Å². The van der Waals surface area contributed by atoms with Crippen molar-refractivity contribution in [3.8, 4) is 0 Å². The average Bonchev–Trinajstić information content (AvgIpc) is 2.45. The highest BCUT2D eigenvalue weighted by atomic mass is 16.5. The Kier molecular flexibility index (Phi) is 3.64. The second-order valence-corrected chi connectivity index (χ2v) is 4.73. The number of aromatic nitrogens is 1. The monoisotopic (exact) mass is 245 g/mol. The van der Waals surface area contributed by atoms with Gasteiger partial charge < -0.3 is 9.84 Å². The Hall–Kier alpha value is -1.45. The van der Waals surface area contributed by atoms with Gasteiger partial charge in [0.05, 0.1) is 11.1 Å². The summed E-state index contributed by atoms with van der Waals surface area (Å²) in [5, 5.41) is 11.5. The van der Waals surface area contributed by atoms with E-state index < -0.39 is 11.7 Å². The third kappa shape index (κ3) is 2.24. The molecule has 0 bridgehead atoms. The van der Waals surface area contributed by atoms with Crippen LogP contribution in [0.15, 0.2) is 36.5 Å². The van der Waals surface area contributed by atoms with Gasteiger partial charge in [0.15, 0.2) is 0 Å². The Balaban J connectivity index is 2.42. The molecule has 2 unspecified atom stereocenters. The lowest BCUT2D eigenvalue weighted by molar-refractivity contribution is -0.0943. The van der Waals surface area contributed by atoms with Crippen LogP contribution in [-0.2, 0) is 4.74 Å². The van der Waals surface area contributed by atoms with Gasteiger partial charge >= 0.3 is 0 Å². The molecule has 0 spiro atoms. The van der Waals surface area contributed by atoms with E-state index in [1.54, 1.807) is 13.3 Å². The minimum atomic E-state index is -0.654. The first-order valence-electron chi connectivity index (χ1n) is 6.18. The van der Waals surface area contributed by atoms with Crippen LogP contribution in [-0.4, -0.2) is 22.8 Å². The van der Waals surface area contributed by atoms with E-state index in [9.17, 15) is 5.11 Å². The number of aliphatic hydroxyl groups is 1. The highest BCUT2D eigenvalue weighted by Crippen LogP contribution is 2.32. The highest BCUT2D eigenvalue weighted by Gasteiger charge is 2.32. The number of pyridine rings is 1. The van der Waals surface area contributed by atoms with E-state index in [0.717, 1.165) is 22.9 Å². The quantitative estimate of drug-likeness (QED) is 0.900. The smallest absolute Gasteiger partial charge is 0.108 e. The van der Waals surface area contributed by atoms with E-state index in [0.29, 0.717) is 0 Å². The first kappa shape index (κ1) is 13.0. The maximum atomic E-state index is 10.4. The van der Waals surface area contributed by atoms with Crippen molar-refractivity contribution >= 4 is 10.9 Å². The van der Waals surface area contributed by atoms with Crippen molar-refractivity contribution in [3.63, 3.8) is 0 Å². The first-order chi connectivity index (χ1) is 8.60. The summed E-state index contributed by atoms with van der Waals surface area (Å²) in [5.74, 6) is 0. The number of aliphatic hydroxyl groups excluding tert-OH is 1. The number of nitrogens with zero attached hydrogens (tertiary/aromatic N) is 1. The lowest BCUT2D eigenvalue weighted by Crippen LogP contribution is -2.34. The molecular weight excluding hydrogens is 226 g/mol. The van der Waals surface area contributed by atoms with Crippen LogP contribution in [0.4, 0.5) is 0 Å². The molecule has 2 aromatic rings. The van der Waals surface area contributed by atoms with Gasteiger partial charge in [0.1, 0.15) is 6.10 Å². The number of methoxy groups -OCH3 is 1. The number of ether oxygens (including phenoxy) is 1. The number of hydrogen-bond donors (Lipinski definition) is 1. The van der Waals surface area contributed by atoms with Crippen LogP contribution in [0.2, 0.25) is 0 Å². The highest BCUT2D eigenvalue weighted by molar-refractivity contribution is 5.78. The zero-order valence-corrected chi connectivity index (χ0v) is 11.1. The van der Waals surface area contributed by atoms with Crippen LogP contribution in [0, 0.1) is 0 Å². The molecule has 3 nitrogen and oxygen atoms in total. The fraction of sp³-hybridized carbons (Fsp3) is 0.400. The van der Waals surface area contributed by atoms with Crippen LogP contribution in [0.25, 0.3) is 10.9 Å². The lowest BCUT2D eigenvalue weighted by atomic mass is 9.90. The maximum absolute atomic E-state index is 10.4. The fourth-order valence-corrected chi connectivity index (χ4v) is 2.06. The molecule has 0 fully saturated rings. The number of rotatable bonds is 4. The zero-order chi connectivity index (χ0) is 13.2. The molecule has 0 aliphatic heterocycles. The molecule has 1 aromatic carbocycles. The number of hydrogen-bond acceptors (Lipinski definition) is 3. The number of benzene rings is 1. The summed E-state index contributed by atoms with van der Waals surface area (Å²) in [5.41, 5.74) is 1.17. The Morgan fingerprint density at radius 2 is 2.17 bits per heavy atom. The molecule has 2 atom stereocenters. The van der Waals surface area contributed by atoms with Crippen molar-refractivity contribution in [2.45, 2.75) is 32.0 Å². The summed E-state index contributed by atoms with van der Waals surface area (Å²) < 4.78 is 5.44. The zero-order valence-electron chi connectivity index (χ0n) is 11.1.